The van der Waals surface area contributed by atoms with Crippen LogP contribution in [-0.2, 0) is 21.7 Å². The van der Waals surface area contributed by atoms with Gasteiger partial charge in [-0.3, -0.25) is 9.59 Å². The molecule has 20 heavy (non-hydrogen) atoms. The summed E-state index contributed by atoms with van der Waals surface area (Å²) >= 11 is 3.54. The normalized spacial score (nSPS) is 13.7. The van der Waals surface area contributed by atoms with Crippen molar-refractivity contribution in [1.82, 2.24) is 4.90 Å². The Bertz CT molecular complexity index is 475. The molecule has 110 valence electrons. The maximum atomic E-state index is 12.3. The minimum atomic E-state index is -0.227. The smallest absolute Gasteiger partial charge is 0.305 e. The number of hydrogen-bond donors (Lipinski definition) is 0. The van der Waals surface area contributed by atoms with Crippen LogP contribution in [-0.4, -0.2) is 43.2 Å². The molecule has 0 saturated heterocycles. The number of thiophene rings is 1. The number of nitrogens with zero attached hydrogens (tertiary/aromatic N) is 1. The molecule has 2 rings (SSSR count). The molecular weight excluding hydrogens is 294 g/mol. The summed E-state index contributed by atoms with van der Waals surface area (Å²) in [6.07, 6.45) is 2.06. The van der Waals surface area contributed by atoms with Gasteiger partial charge in [0.1, 0.15) is 0 Å². The third-order valence-electron chi connectivity index (χ3n) is 3.29. The summed E-state index contributed by atoms with van der Waals surface area (Å²) in [5.74, 6) is 2.00. The summed E-state index contributed by atoms with van der Waals surface area (Å²) in [7, 11) is 3.17. The molecule has 0 saturated carbocycles. The van der Waals surface area contributed by atoms with E-state index in [9.17, 15) is 9.59 Å². The Morgan fingerprint density at radius 2 is 2.25 bits per heavy atom. The van der Waals surface area contributed by atoms with Gasteiger partial charge >= 0.3 is 5.97 Å². The molecule has 0 unspecified atom stereocenters. The van der Waals surface area contributed by atoms with Crippen LogP contribution in [0.1, 0.15) is 33.0 Å². The van der Waals surface area contributed by atoms with Gasteiger partial charge < -0.3 is 9.64 Å². The van der Waals surface area contributed by atoms with Crippen LogP contribution >= 0.6 is 23.1 Å². The average Bonchev–Trinajstić information content (AvgIpc) is 2.89. The van der Waals surface area contributed by atoms with Gasteiger partial charge in [-0.1, -0.05) is 0 Å². The molecule has 6 heteroatoms. The van der Waals surface area contributed by atoms with Crippen molar-refractivity contribution in [2.24, 2.45) is 0 Å². The lowest BCUT2D eigenvalue weighted by atomic mass is 10.2. The number of rotatable bonds is 5. The van der Waals surface area contributed by atoms with Gasteiger partial charge in [0.15, 0.2) is 0 Å². The average molecular weight is 313 g/mol. The lowest BCUT2D eigenvalue weighted by Crippen LogP contribution is -2.27. The Kier molecular flexibility index (Phi) is 5.48. The van der Waals surface area contributed by atoms with Crippen molar-refractivity contribution < 1.29 is 14.3 Å². The molecule has 0 radical (unpaired) electrons. The standard InChI is InChI=1S/C14H19NO3S2/c1-15(6-3-4-13(16)18-2)14(17)12-8-10-9-19-7-5-11(10)20-12/h8H,3-7,9H2,1-2H3. The molecule has 1 aromatic rings. The second-order valence-electron chi connectivity index (χ2n) is 4.77. The zero-order valence-electron chi connectivity index (χ0n) is 11.8. The summed E-state index contributed by atoms with van der Waals surface area (Å²) in [4.78, 5) is 27.2. The van der Waals surface area contributed by atoms with Crippen LogP contribution in [0.3, 0.4) is 0 Å². The van der Waals surface area contributed by atoms with Crippen LogP contribution in [0, 0.1) is 0 Å². The second kappa shape index (κ2) is 7.13. The molecular formula is C14H19NO3S2. The van der Waals surface area contributed by atoms with E-state index in [2.05, 4.69) is 4.74 Å². The fourth-order valence-corrected chi connectivity index (χ4v) is 4.47. The van der Waals surface area contributed by atoms with Gasteiger partial charge in [0, 0.05) is 30.6 Å². The number of ether oxygens (including phenoxy) is 1. The Morgan fingerprint density at radius 1 is 1.45 bits per heavy atom. The first-order valence-corrected chi connectivity index (χ1v) is 8.60. The fourth-order valence-electron chi connectivity index (χ4n) is 2.10. The minimum absolute atomic E-state index is 0.0549. The predicted molar refractivity (Wildman–Crippen MR) is 82.4 cm³/mol. The number of hydrogen-bond acceptors (Lipinski definition) is 5. The van der Waals surface area contributed by atoms with E-state index >= 15 is 0 Å². The quantitative estimate of drug-likeness (QED) is 0.784. The van der Waals surface area contributed by atoms with E-state index in [1.165, 1.54) is 17.6 Å². The SMILES string of the molecule is COC(=O)CCCN(C)C(=O)c1cc2c(s1)CCSC2. The van der Waals surface area contributed by atoms with Gasteiger partial charge in [0.2, 0.25) is 0 Å². The van der Waals surface area contributed by atoms with E-state index in [4.69, 9.17) is 0 Å². The third-order valence-corrected chi connectivity index (χ3v) is 5.52. The predicted octanol–water partition coefficient (Wildman–Crippen LogP) is 2.56. The molecule has 1 aliphatic rings. The molecule has 0 fully saturated rings. The summed E-state index contributed by atoms with van der Waals surface area (Å²) < 4.78 is 4.59. The highest BCUT2D eigenvalue weighted by molar-refractivity contribution is 7.98. The van der Waals surface area contributed by atoms with Crippen molar-refractivity contribution in [3.63, 3.8) is 0 Å². The number of amides is 1. The molecule has 0 aliphatic carbocycles. The molecule has 4 nitrogen and oxygen atoms in total. The Hall–Kier alpha value is -1.01. The molecule has 0 bridgehead atoms. The Morgan fingerprint density at radius 3 is 2.95 bits per heavy atom. The van der Waals surface area contributed by atoms with Crippen LogP contribution in [0.15, 0.2) is 6.07 Å². The van der Waals surface area contributed by atoms with Gasteiger partial charge in [0.25, 0.3) is 5.91 Å². The van der Waals surface area contributed by atoms with Crippen molar-refractivity contribution in [2.75, 3.05) is 26.5 Å². The van der Waals surface area contributed by atoms with E-state index in [-0.39, 0.29) is 11.9 Å². The zero-order valence-corrected chi connectivity index (χ0v) is 13.4. The Labute approximate surface area is 127 Å². The van der Waals surface area contributed by atoms with Crippen molar-refractivity contribution in [3.05, 3.63) is 21.4 Å². The molecule has 0 atom stereocenters. The molecule has 0 spiro atoms. The number of thioether (sulfide) groups is 1. The van der Waals surface area contributed by atoms with Crippen LogP contribution in [0.25, 0.3) is 0 Å². The molecule has 0 aromatic carbocycles. The topological polar surface area (TPSA) is 46.6 Å². The van der Waals surface area contributed by atoms with E-state index in [0.717, 1.165) is 22.8 Å². The summed E-state index contributed by atoms with van der Waals surface area (Å²) in [5.41, 5.74) is 1.32. The highest BCUT2D eigenvalue weighted by Gasteiger charge is 2.19. The van der Waals surface area contributed by atoms with E-state index in [0.29, 0.717) is 19.4 Å². The first-order valence-electron chi connectivity index (χ1n) is 6.63. The molecule has 1 amide bonds. The van der Waals surface area contributed by atoms with Gasteiger partial charge in [-0.15, -0.1) is 11.3 Å². The van der Waals surface area contributed by atoms with E-state index in [1.807, 2.05) is 17.8 Å². The lowest BCUT2D eigenvalue weighted by molar-refractivity contribution is -0.140. The van der Waals surface area contributed by atoms with Crippen LogP contribution < -0.4 is 0 Å². The minimum Gasteiger partial charge on any atom is -0.469 e. The van der Waals surface area contributed by atoms with Gasteiger partial charge in [-0.2, -0.15) is 11.8 Å². The van der Waals surface area contributed by atoms with Crippen molar-refractivity contribution >= 4 is 35.0 Å². The number of methoxy groups -OCH3 is 1. The monoisotopic (exact) mass is 313 g/mol. The fraction of sp³-hybridized carbons (Fsp3) is 0.571. The van der Waals surface area contributed by atoms with Crippen molar-refractivity contribution in [2.45, 2.75) is 25.0 Å². The van der Waals surface area contributed by atoms with Crippen molar-refractivity contribution in [1.29, 1.82) is 0 Å². The maximum Gasteiger partial charge on any atom is 0.305 e. The van der Waals surface area contributed by atoms with Crippen LogP contribution in [0.4, 0.5) is 0 Å². The third kappa shape index (κ3) is 3.76. The maximum absolute atomic E-state index is 12.3. The zero-order chi connectivity index (χ0) is 14.5. The number of carbonyl (C=O) groups excluding carboxylic acids is 2. The van der Waals surface area contributed by atoms with Gasteiger partial charge in [0.05, 0.1) is 12.0 Å². The summed E-state index contributed by atoms with van der Waals surface area (Å²) in [5, 5.41) is 0. The number of carbonyl (C=O) groups is 2. The first kappa shape index (κ1) is 15.4. The molecule has 1 aliphatic heterocycles. The van der Waals surface area contributed by atoms with E-state index < -0.39 is 0 Å². The highest BCUT2D eigenvalue weighted by Crippen LogP contribution is 2.32. The number of esters is 1. The Balaban J connectivity index is 1.89. The number of aryl methyl sites for hydroxylation is 1. The lowest BCUT2D eigenvalue weighted by Gasteiger charge is -2.15. The van der Waals surface area contributed by atoms with Crippen LogP contribution in [0.2, 0.25) is 0 Å². The van der Waals surface area contributed by atoms with Gasteiger partial charge in [-0.05, 0) is 30.2 Å². The van der Waals surface area contributed by atoms with Crippen LogP contribution in [0.5, 0.6) is 0 Å². The highest BCUT2D eigenvalue weighted by atomic mass is 32.2. The van der Waals surface area contributed by atoms with Crippen molar-refractivity contribution in [3.8, 4) is 0 Å². The number of fused-ring (bicyclic) bond motifs is 1. The summed E-state index contributed by atoms with van der Waals surface area (Å²) in [6.45, 7) is 0.575. The molecule has 1 aromatic heterocycles. The van der Waals surface area contributed by atoms with E-state index in [1.54, 1.807) is 23.3 Å². The molecule has 2 heterocycles. The van der Waals surface area contributed by atoms with Gasteiger partial charge in [-0.25, -0.2) is 0 Å². The largest absolute Gasteiger partial charge is 0.469 e. The molecule has 0 N–H and O–H groups in total. The first-order chi connectivity index (χ1) is 9.61. The second-order valence-corrected chi connectivity index (χ2v) is 7.01. The summed E-state index contributed by atoms with van der Waals surface area (Å²) in [6, 6.07) is 2.03.